The van der Waals surface area contributed by atoms with Crippen molar-refractivity contribution >= 4 is 29.5 Å². The highest BCUT2D eigenvalue weighted by Gasteiger charge is 2.17. The van der Waals surface area contributed by atoms with Crippen molar-refractivity contribution in [1.82, 2.24) is 10.6 Å². The van der Waals surface area contributed by atoms with Crippen LogP contribution < -0.4 is 10.6 Å². The first-order chi connectivity index (χ1) is 11.0. The van der Waals surface area contributed by atoms with Crippen molar-refractivity contribution in [2.75, 3.05) is 19.4 Å². The van der Waals surface area contributed by atoms with Crippen molar-refractivity contribution in [3.8, 4) is 0 Å². The van der Waals surface area contributed by atoms with Crippen molar-refractivity contribution in [3.05, 3.63) is 29.8 Å². The van der Waals surface area contributed by atoms with Crippen LogP contribution in [0.15, 0.2) is 29.2 Å². The van der Waals surface area contributed by atoms with Gasteiger partial charge in [-0.05, 0) is 31.7 Å². The molecular formula is C16H22N2O4S. The van der Waals surface area contributed by atoms with Crippen LogP contribution >= 0.6 is 11.8 Å². The average Bonchev–Trinajstić information content (AvgIpc) is 2.57. The maximum atomic E-state index is 12.0. The highest BCUT2D eigenvalue weighted by molar-refractivity contribution is 7.98. The number of hydrogen-bond acceptors (Lipinski definition) is 5. The second kappa shape index (κ2) is 9.89. The Labute approximate surface area is 140 Å². The zero-order chi connectivity index (χ0) is 17.2. The molecule has 1 atom stereocenters. The van der Waals surface area contributed by atoms with Gasteiger partial charge in [0.15, 0.2) is 6.61 Å². The van der Waals surface area contributed by atoms with Gasteiger partial charge in [-0.1, -0.05) is 19.1 Å². The van der Waals surface area contributed by atoms with Crippen LogP contribution in [-0.4, -0.2) is 43.2 Å². The van der Waals surface area contributed by atoms with Crippen LogP contribution in [0, 0.1) is 0 Å². The number of hydrogen-bond donors (Lipinski definition) is 2. The molecule has 0 aliphatic rings. The standard InChI is InChI=1S/C16H22N2O4S/c1-4-9-17-15(20)11(2)18-14(19)10-22-16(21)12-7-5-6-8-13(12)23-3/h5-8,11H,4,9-10H2,1-3H3,(H,17,20)(H,18,19)/t11-/m1/s1. The molecule has 1 rings (SSSR count). The monoisotopic (exact) mass is 338 g/mol. The number of ether oxygens (including phenoxy) is 1. The Morgan fingerprint density at radius 3 is 2.61 bits per heavy atom. The summed E-state index contributed by atoms with van der Waals surface area (Å²) in [6, 6.07) is 6.34. The Morgan fingerprint density at radius 2 is 1.96 bits per heavy atom. The summed E-state index contributed by atoms with van der Waals surface area (Å²) >= 11 is 1.43. The van der Waals surface area contributed by atoms with Crippen LogP contribution in [-0.2, 0) is 14.3 Å². The van der Waals surface area contributed by atoms with E-state index in [9.17, 15) is 14.4 Å². The van der Waals surface area contributed by atoms with Crippen molar-refractivity contribution in [2.45, 2.75) is 31.2 Å². The second-order valence-corrected chi connectivity index (χ2v) is 5.70. The number of esters is 1. The molecule has 0 bridgehead atoms. The normalized spacial score (nSPS) is 11.4. The molecule has 0 spiro atoms. The van der Waals surface area contributed by atoms with E-state index in [0.29, 0.717) is 12.1 Å². The van der Waals surface area contributed by atoms with Crippen LogP contribution in [0.1, 0.15) is 30.6 Å². The number of benzene rings is 1. The molecule has 1 aromatic carbocycles. The molecule has 0 heterocycles. The lowest BCUT2D eigenvalue weighted by atomic mass is 10.2. The van der Waals surface area contributed by atoms with Crippen molar-refractivity contribution in [1.29, 1.82) is 0 Å². The number of rotatable bonds is 8. The first-order valence-corrected chi connectivity index (χ1v) is 8.59. The maximum absolute atomic E-state index is 12.0. The lowest BCUT2D eigenvalue weighted by Gasteiger charge is -2.14. The molecule has 0 aromatic heterocycles. The van der Waals surface area contributed by atoms with E-state index < -0.39 is 24.5 Å². The molecule has 7 heteroatoms. The van der Waals surface area contributed by atoms with Crippen molar-refractivity contribution in [2.24, 2.45) is 0 Å². The predicted molar refractivity (Wildman–Crippen MR) is 89.4 cm³/mol. The highest BCUT2D eigenvalue weighted by atomic mass is 32.2. The minimum Gasteiger partial charge on any atom is -0.452 e. The smallest absolute Gasteiger partial charge is 0.339 e. The number of carbonyl (C=O) groups is 3. The minimum absolute atomic E-state index is 0.265. The van der Waals surface area contributed by atoms with Gasteiger partial charge in [0.25, 0.3) is 5.91 Å². The Kier molecular flexibility index (Phi) is 8.18. The third-order valence-corrected chi connectivity index (χ3v) is 3.78. The molecule has 0 aliphatic carbocycles. The molecule has 23 heavy (non-hydrogen) atoms. The lowest BCUT2D eigenvalue weighted by Crippen LogP contribution is -2.46. The molecule has 2 N–H and O–H groups in total. The average molecular weight is 338 g/mol. The first-order valence-electron chi connectivity index (χ1n) is 7.36. The topological polar surface area (TPSA) is 84.5 Å². The lowest BCUT2D eigenvalue weighted by molar-refractivity contribution is -0.130. The van der Waals surface area contributed by atoms with Gasteiger partial charge in [-0.3, -0.25) is 9.59 Å². The third kappa shape index (κ3) is 6.32. The van der Waals surface area contributed by atoms with Crippen LogP contribution in [0.2, 0.25) is 0 Å². The predicted octanol–water partition coefficient (Wildman–Crippen LogP) is 1.60. The SMILES string of the molecule is CCCNC(=O)[C@@H](C)NC(=O)COC(=O)c1ccccc1SC. The minimum atomic E-state index is -0.675. The van der Waals surface area contributed by atoms with Crippen LogP contribution in [0.25, 0.3) is 0 Å². The molecule has 0 radical (unpaired) electrons. The molecule has 0 aliphatic heterocycles. The fraction of sp³-hybridized carbons (Fsp3) is 0.438. The van der Waals surface area contributed by atoms with Gasteiger partial charge >= 0.3 is 5.97 Å². The van der Waals surface area contributed by atoms with E-state index in [4.69, 9.17) is 4.74 Å². The molecule has 0 fully saturated rings. The summed E-state index contributed by atoms with van der Waals surface area (Å²) < 4.78 is 5.00. The van der Waals surface area contributed by atoms with Crippen LogP contribution in [0.5, 0.6) is 0 Å². The maximum Gasteiger partial charge on any atom is 0.339 e. The largest absolute Gasteiger partial charge is 0.452 e. The van der Waals surface area contributed by atoms with Gasteiger partial charge in [-0.25, -0.2) is 4.79 Å². The van der Waals surface area contributed by atoms with Gasteiger partial charge in [0.2, 0.25) is 5.91 Å². The summed E-state index contributed by atoms with van der Waals surface area (Å²) in [5, 5.41) is 5.17. The van der Waals surface area contributed by atoms with Gasteiger partial charge in [0.05, 0.1) is 5.56 Å². The van der Waals surface area contributed by atoms with Crippen molar-refractivity contribution < 1.29 is 19.1 Å². The summed E-state index contributed by atoms with van der Waals surface area (Å²) in [6.45, 7) is 3.65. The summed E-state index contributed by atoms with van der Waals surface area (Å²) in [5.41, 5.74) is 0.418. The van der Waals surface area contributed by atoms with Crippen LogP contribution in [0.3, 0.4) is 0 Å². The van der Waals surface area contributed by atoms with E-state index >= 15 is 0 Å². The number of nitrogens with one attached hydrogen (secondary N) is 2. The third-order valence-electron chi connectivity index (χ3n) is 2.98. The summed E-state index contributed by atoms with van der Waals surface area (Å²) in [7, 11) is 0. The highest BCUT2D eigenvalue weighted by Crippen LogP contribution is 2.20. The fourth-order valence-corrected chi connectivity index (χ4v) is 2.36. The first kappa shape index (κ1) is 19.0. The molecule has 1 aromatic rings. The van der Waals surface area contributed by atoms with E-state index in [1.54, 1.807) is 19.1 Å². The van der Waals surface area contributed by atoms with Gasteiger partial charge < -0.3 is 15.4 Å². The molecule has 126 valence electrons. The van der Waals surface area contributed by atoms with E-state index in [0.717, 1.165) is 11.3 Å². The van der Waals surface area contributed by atoms with Gasteiger partial charge in [-0.2, -0.15) is 0 Å². The Hall–Kier alpha value is -2.02. The van der Waals surface area contributed by atoms with Crippen molar-refractivity contribution in [3.63, 3.8) is 0 Å². The summed E-state index contributed by atoms with van der Waals surface area (Å²) in [5.74, 6) is -1.34. The molecule has 0 saturated heterocycles. The molecule has 2 amide bonds. The summed E-state index contributed by atoms with van der Waals surface area (Å²) in [6.07, 6.45) is 2.67. The van der Waals surface area contributed by atoms with E-state index in [2.05, 4.69) is 10.6 Å². The quantitative estimate of drug-likeness (QED) is 0.555. The Morgan fingerprint density at radius 1 is 1.26 bits per heavy atom. The van der Waals surface area contributed by atoms with E-state index in [1.807, 2.05) is 25.3 Å². The molecule has 0 unspecified atom stereocenters. The van der Waals surface area contributed by atoms with Gasteiger partial charge in [0.1, 0.15) is 6.04 Å². The number of amides is 2. The Balaban J connectivity index is 2.46. The number of carbonyl (C=O) groups excluding carboxylic acids is 3. The number of thioether (sulfide) groups is 1. The fourth-order valence-electron chi connectivity index (χ4n) is 1.77. The second-order valence-electron chi connectivity index (χ2n) is 4.86. The Bertz CT molecular complexity index is 563. The van der Waals surface area contributed by atoms with Gasteiger partial charge in [0, 0.05) is 11.4 Å². The van der Waals surface area contributed by atoms with Crippen LogP contribution in [0.4, 0.5) is 0 Å². The van der Waals surface area contributed by atoms with E-state index in [-0.39, 0.29) is 5.91 Å². The zero-order valence-corrected chi connectivity index (χ0v) is 14.4. The molecular weight excluding hydrogens is 316 g/mol. The zero-order valence-electron chi connectivity index (χ0n) is 13.5. The summed E-state index contributed by atoms with van der Waals surface area (Å²) in [4.78, 5) is 36.2. The van der Waals surface area contributed by atoms with E-state index in [1.165, 1.54) is 11.8 Å². The molecule has 0 saturated carbocycles. The molecule has 6 nitrogen and oxygen atoms in total. The van der Waals surface area contributed by atoms with Gasteiger partial charge in [-0.15, -0.1) is 11.8 Å².